The molecular formula is C16H19N3S. The molecule has 0 radical (unpaired) electrons. The molecule has 0 aliphatic rings. The van der Waals surface area contributed by atoms with E-state index in [4.69, 9.17) is 5.73 Å². The van der Waals surface area contributed by atoms with Crippen LogP contribution < -0.4 is 5.73 Å². The van der Waals surface area contributed by atoms with Crippen LogP contribution in [-0.2, 0) is 6.42 Å². The van der Waals surface area contributed by atoms with E-state index in [1.54, 1.807) is 11.3 Å². The lowest BCUT2D eigenvalue weighted by Crippen LogP contribution is -2.06. The summed E-state index contributed by atoms with van der Waals surface area (Å²) in [4.78, 5) is 5.71. The first kappa shape index (κ1) is 13.3. The fourth-order valence-corrected chi connectivity index (χ4v) is 3.69. The van der Waals surface area contributed by atoms with Crippen LogP contribution in [0.2, 0.25) is 0 Å². The largest absolute Gasteiger partial charge is 0.330 e. The van der Waals surface area contributed by atoms with Gasteiger partial charge in [0.1, 0.15) is 0 Å². The zero-order valence-electron chi connectivity index (χ0n) is 12.1. The van der Waals surface area contributed by atoms with Gasteiger partial charge in [0.15, 0.2) is 4.96 Å². The second-order valence-corrected chi connectivity index (χ2v) is 6.08. The Kier molecular flexibility index (Phi) is 3.36. The van der Waals surface area contributed by atoms with Gasteiger partial charge in [0.05, 0.1) is 11.4 Å². The monoisotopic (exact) mass is 285 g/mol. The number of rotatable bonds is 3. The molecule has 0 saturated carbocycles. The zero-order chi connectivity index (χ0) is 14.3. The minimum absolute atomic E-state index is 0.650. The van der Waals surface area contributed by atoms with Gasteiger partial charge in [0.25, 0.3) is 0 Å². The normalized spacial score (nSPS) is 11.4. The fraction of sp³-hybridized carbons (Fsp3) is 0.312. The Hall–Kier alpha value is -1.65. The Labute approximate surface area is 123 Å². The predicted octanol–water partition coefficient (Wildman–Crippen LogP) is 3.49. The molecule has 0 spiro atoms. The van der Waals surface area contributed by atoms with Crippen LogP contribution in [0.5, 0.6) is 0 Å². The molecule has 0 aliphatic heterocycles. The summed E-state index contributed by atoms with van der Waals surface area (Å²) in [6.07, 6.45) is 0.863. The van der Waals surface area contributed by atoms with Gasteiger partial charge < -0.3 is 5.73 Å². The summed E-state index contributed by atoms with van der Waals surface area (Å²) in [6.45, 7) is 7.01. The van der Waals surface area contributed by atoms with Crippen molar-refractivity contribution in [1.82, 2.24) is 9.38 Å². The third-order valence-electron chi connectivity index (χ3n) is 3.70. The van der Waals surface area contributed by atoms with Crippen LogP contribution in [0.4, 0.5) is 0 Å². The Morgan fingerprint density at radius 3 is 2.75 bits per heavy atom. The molecule has 20 heavy (non-hydrogen) atoms. The molecule has 1 aromatic carbocycles. The number of nitrogens with zero attached hydrogens (tertiary/aromatic N) is 2. The maximum Gasteiger partial charge on any atom is 0.194 e. The fourth-order valence-electron chi connectivity index (χ4n) is 2.74. The van der Waals surface area contributed by atoms with Crippen molar-refractivity contribution in [2.75, 3.05) is 6.54 Å². The lowest BCUT2D eigenvalue weighted by atomic mass is 10.0. The van der Waals surface area contributed by atoms with Crippen LogP contribution in [0.15, 0.2) is 23.6 Å². The van der Waals surface area contributed by atoms with Gasteiger partial charge in [-0.3, -0.25) is 4.40 Å². The second-order valence-electron chi connectivity index (χ2n) is 5.24. The number of hydrogen-bond acceptors (Lipinski definition) is 3. The quantitative estimate of drug-likeness (QED) is 0.800. The van der Waals surface area contributed by atoms with Gasteiger partial charge in [-0.15, -0.1) is 11.3 Å². The standard InChI is InChI=1S/C16H19N3S/c1-10-4-5-13(11(2)8-10)15-9-20-16-18-12(3)14(6-7-17)19(15)16/h4-5,8-9H,6-7,17H2,1-3H3. The van der Waals surface area contributed by atoms with Crippen molar-refractivity contribution < 1.29 is 0 Å². The van der Waals surface area contributed by atoms with Gasteiger partial charge in [-0.05, 0) is 32.9 Å². The molecule has 2 aromatic heterocycles. The van der Waals surface area contributed by atoms with Crippen LogP contribution in [0.1, 0.15) is 22.5 Å². The Bertz CT molecular complexity index is 767. The van der Waals surface area contributed by atoms with E-state index in [2.05, 4.69) is 53.7 Å². The number of thiazole rings is 1. The van der Waals surface area contributed by atoms with Crippen LogP contribution >= 0.6 is 11.3 Å². The van der Waals surface area contributed by atoms with E-state index in [1.807, 2.05) is 0 Å². The van der Waals surface area contributed by atoms with E-state index in [0.29, 0.717) is 6.54 Å². The Balaban J connectivity index is 2.25. The summed E-state index contributed by atoms with van der Waals surface area (Å²) in [6, 6.07) is 6.59. The Morgan fingerprint density at radius 2 is 2.05 bits per heavy atom. The van der Waals surface area contributed by atoms with Crippen molar-refractivity contribution in [1.29, 1.82) is 0 Å². The van der Waals surface area contributed by atoms with Crippen molar-refractivity contribution in [3.63, 3.8) is 0 Å². The molecule has 0 saturated heterocycles. The summed E-state index contributed by atoms with van der Waals surface area (Å²) >= 11 is 1.69. The number of fused-ring (bicyclic) bond motifs is 1. The first-order valence-electron chi connectivity index (χ1n) is 6.85. The van der Waals surface area contributed by atoms with Crippen molar-refractivity contribution in [3.05, 3.63) is 46.1 Å². The highest BCUT2D eigenvalue weighted by Crippen LogP contribution is 2.31. The molecule has 3 aromatic rings. The van der Waals surface area contributed by atoms with Gasteiger partial charge >= 0.3 is 0 Å². The van der Waals surface area contributed by atoms with Gasteiger partial charge in [-0.1, -0.05) is 23.8 Å². The summed E-state index contributed by atoms with van der Waals surface area (Å²) in [5.41, 5.74) is 13.2. The van der Waals surface area contributed by atoms with Gasteiger partial charge in [0.2, 0.25) is 0 Å². The van der Waals surface area contributed by atoms with Crippen LogP contribution in [0.25, 0.3) is 16.2 Å². The lowest BCUT2D eigenvalue weighted by molar-refractivity contribution is 0.899. The number of benzene rings is 1. The average Bonchev–Trinajstić information content (AvgIpc) is 2.91. The van der Waals surface area contributed by atoms with Crippen molar-refractivity contribution in [2.24, 2.45) is 5.73 Å². The highest BCUT2D eigenvalue weighted by Gasteiger charge is 2.15. The summed E-state index contributed by atoms with van der Waals surface area (Å²) in [5.74, 6) is 0. The molecule has 2 heterocycles. The van der Waals surface area contributed by atoms with E-state index in [1.165, 1.54) is 28.1 Å². The number of aromatic nitrogens is 2. The topological polar surface area (TPSA) is 43.3 Å². The maximum absolute atomic E-state index is 5.75. The van der Waals surface area contributed by atoms with Gasteiger partial charge in [0, 0.05) is 23.1 Å². The smallest absolute Gasteiger partial charge is 0.194 e. The number of hydrogen-bond donors (Lipinski definition) is 1. The minimum Gasteiger partial charge on any atom is -0.330 e. The molecule has 0 fully saturated rings. The lowest BCUT2D eigenvalue weighted by Gasteiger charge is -2.08. The third kappa shape index (κ3) is 2.05. The van der Waals surface area contributed by atoms with Crippen LogP contribution in [0, 0.1) is 20.8 Å². The van der Waals surface area contributed by atoms with E-state index in [-0.39, 0.29) is 0 Å². The van der Waals surface area contributed by atoms with E-state index in [0.717, 1.165) is 17.1 Å². The van der Waals surface area contributed by atoms with E-state index >= 15 is 0 Å². The molecule has 3 rings (SSSR count). The molecule has 2 N–H and O–H groups in total. The molecular weight excluding hydrogens is 266 g/mol. The Morgan fingerprint density at radius 1 is 1.25 bits per heavy atom. The van der Waals surface area contributed by atoms with Crippen molar-refractivity contribution >= 4 is 16.3 Å². The molecule has 3 nitrogen and oxygen atoms in total. The summed E-state index contributed by atoms with van der Waals surface area (Å²) in [5, 5.41) is 2.19. The highest BCUT2D eigenvalue weighted by molar-refractivity contribution is 7.15. The third-order valence-corrected chi connectivity index (χ3v) is 4.52. The van der Waals surface area contributed by atoms with Gasteiger partial charge in [-0.25, -0.2) is 4.98 Å². The number of nitrogens with two attached hydrogens (primary N) is 1. The molecule has 0 aliphatic carbocycles. The first-order chi connectivity index (χ1) is 9.61. The number of imidazole rings is 1. The SMILES string of the molecule is Cc1ccc(-c2csc3nc(C)c(CCN)n23)c(C)c1. The summed E-state index contributed by atoms with van der Waals surface area (Å²) < 4.78 is 2.27. The first-order valence-corrected chi connectivity index (χ1v) is 7.73. The minimum atomic E-state index is 0.650. The summed E-state index contributed by atoms with van der Waals surface area (Å²) in [7, 11) is 0. The van der Waals surface area contributed by atoms with E-state index in [9.17, 15) is 0 Å². The molecule has 4 heteroatoms. The van der Waals surface area contributed by atoms with Gasteiger partial charge in [-0.2, -0.15) is 0 Å². The number of aryl methyl sites for hydroxylation is 3. The second kappa shape index (κ2) is 5.04. The molecule has 0 unspecified atom stereocenters. The molecule has 104 valence electrons. The molecule has 0 bridgehead atoms. The van der Waals surface area contributed by atoms with Crippen molar-refractivity contribution in [2.45, 2.75) is 27.2 Å². The maximum atomic E-state index is 5.75. The van der Waals surface area contributed by atoms with Crippen LogP contribution in [0.3, 0.4) is 0 Å². The highest BCUT2D eigenvalue weighted by atomic mass is 32.1. The molecule has 0 atom stereocenters. The zero-order valence-corrected chi connectivity index (χ0v) is 12.9. The predicted molar refractivity (Wildman–Crippen MR) is 85.5 cm³/mol. The van der Waals surface area contributed by atoms with Crippen molar-refractivity contribution in [3.8, 4) is 11.3 Å². The molecule has 0 amide bonds. The van der Waals surface area contributed by atoms with Crippen LogP contribution in [-0.4, -0.2) is 15.9 Å². The van der Waals surface area contributed by atoms with E-state index < -0.39 is 0 Å². The average molecular weight is 285 g/mol.